The highest BCUT2D eigenvalue weighted by Crippen LogP contribution is 2.29. The lowest BCUT2D eigenvalue weighted by Gasteiger charge is -2.45. The molecule has 0 amide bonds. The van der Waals surface area contributed by atoms with Crippen LogP contribution in [0.4, 0.5) is 0 Å². The fraction of sp³-hybridized carbons (Fsp3) is 0.667. The molecular weight excluding hydrogens is 388 g/mol. The molecule has 1 aromatic rings. The van der Waals surface area contributed by atoms with E-state index in [1.807, 2.05) is 24.4 Å². The molecule has 3 heterocycles. The van der Waals surface area contributed by atoms with Gasteiger partial charge < -0.3 is 22.8 Å². The third-order valence-electron chi connectivity index (χ3n) is 5.11. The maximum absolute atomic E-state index is 6.38. The van der Waals surface area contributed by atoms with Crippen molar-refractivity contribution in [1.29, 1.82) is 0 Å². The Morgan fingerprint density at radius 2 is 1.59 bits per heavy atom. The summed E-state index contributed by atoms with van der Waals surface area (Å²) in [5.74, 6) is 1.42. The molecule has 1 aromatic carbocycles. The van der Waals surface area contributed by atoms with Crippen LogP contribution in [-0.4, -0.2) is 78.6 Å². The van der Waals surface area contributed by atoms with Crippen LogP contribution in [0.2, 0.25) is 6.04 Å². The quantitative estimate of drug-likeness (QED) is 0.382. The van der Waals surface area contributed by atoms with Crippen LogP contribution in [0.15, 0.2) is 23.2 Å². The molecular formula is C21H34N2O5Si. The molecule has 162 valence electrons. The molecule has 3 fully saturated rings. The van der Waals surface area contributed by atoms with Gasteiger partial charge in [0.25, 0.3) is 0 Å². The van der Waals surface area contributed by atoms with Gasteiger partial charge in [-0.15, -0.1) is 0 Å². The third kappa shape index (κ3) is 6.02. The Morgan fingerprint density at radius 1 is 1.00 bits per heavy atom. The van der Waals surface area contributed by atoms with E-state index in [9.17, 15) is 0 Å². The molecule has 0 saturated carbocycles. The molecule has 0 aromatic heterocycles. The monoisotopic (exact) mass is 422 g/mol. The van der Waals surface area contributed by atoms with Gasteiger partial charge in [-0.2, -0.15) is 0 Å². The Labute approximate surface area is 175 Å². The fourth-order valence-electron chi connectivity index (χ4n) is 4.10. The normalized spacial score (nSPS) is 32.6. The predicted octanol–water partition coefficient (Wildman–Crippen LogP) is 3.00. The van der Waals surface area contributed by atoms with E-state index in [0.29, 0.717) is 18.0 Å². The molecule has 3 saturated heterocycles. The molecule has 3 aliphatic heterocycles. The van der Waals surface area contributed by atoms with E-state index in [4.69, 9.17) is 22.8 Å². The Hall–Kier alpha value is -1.45. The number of ether oxygens (including phenoxy) is 2. The van der Waals surface area contributed by atoms with Gasteiger partial charge in [-0.05, 0) is 51.0 Å². The second kappa shape index (κ2) is 10.0. The van der Waals surface area contributed by atoms with Crippen molar-refractivity contribution >= 4 is 15.0 Å². The van der Waals surface area contributed by atoms with Crippen molar-refractivity contribution in [3.05, 3.63) is 23.8 Å². The lowest BCUT2D eigenvalue weighted by Crippen LogP contribution is -2.61. The minimum atomic E-state index is -2.71. The van der Waals surface area contributed by atoms with Crippen LogP contribution >= 0.6 is 0 Å². The van der Waals surface area contributed by atoms with Gasteiger partial charge in [0.1, 0.15) is 0 Å². The number of fused-ring (bicyclic) bond motifs is 6. The largest absolute Gasteiger partial charge is 0.501 e. The summed E-state index contributed by atoms with van der Waals surface area (Å²) in [6.45, 7) is 9.85. The Kier molecular flexibility index (Phi) is 7.70. The Bertz CT molecular complexity index is 666. The summed E-state index contributed by atoms with van der Waals surface area (Å²) in [5, 5.41) is 0. The summed E-state index contributed by atoms with van der Waals surface area (Å²) in [6, 6.07) is 6.56. The van der Waals surface area contributed by atoms with Gasteiger partial charge in [-0.1, -0.05) is 0 Å². The maximum atomic E-state index is 6.38. The van der Waals surface area contributed by atoms with Crippen molar-refractivity contribution in [3.8, 4) is 11.5 Å². The highest BCUT2D eigenvalue weighted by Gasteiger charge is 2.48. The average Bonchev–Trinajstić information content (AvgIpc) is 2.64. The Morgan fingerprint density at radius 3 is 2.14 bits per heavy atom. The van der Waals surface area contributed by atoms with Crippen LogP contribution in [-0.2, 0) is 13.3 Å². The van der Waals surface area contributed by atoms with Crippen molar-refractivity contribution in [2.45, 2.75) is 51.5 Å². The SMILES string of the molecule is COc1ccc(C=NCCC[Si]23OC(C)CN(CC(C)O2)CC(C)O3)cc1OC. The van der Waals surface area contributed by atoms with Crippen LogP contribution in [0.25, 0.3) is 0 Å². The van der Waals surface area contributed by atoms with Gasteiger partial charge in [0.2, 0.25) is 0 Å². The van der Waals surface area contributed by atoms with E-state index in [2.05, 4.69) is 30.7 Å². The summed E-state index contributed by atoms with van der Waals surface area (Å²) in [7, 11) is 0.555. The zero-order chi connectivity index (χ0) is 20.9. The van der Waals surface area contributed by atoms with Gasteiger partial charge in [0, 0.05) is 38.4 Å². The molecule has 0 radical (unpaired) electrons. The fourth-order valence-corrected chi connectivity index (χ4v) is 7.27. The van der Waals surface area contributed by atoms with Crippen molar-refractivity contribution in [2.75, 3.05) is 40.4 Å². The van der Waals surface area contributed by atoms with E-state index in [1.54, 1.807) is 14.2 Å². The smallest absolute Gasteiger partial charge is 0.493 e. The molecule has 0 N–H and O–H groups in total. The van der Waals surface area contributed by atoms with Crippen LogP contribution in [0.5, 0.6) is 11.5 Å². The van der Waals surface area contributed by atoms with E-state index in [1.165, 1.54) is 0 Å². The summed E-state index contributed by atoms with van der Waals surface area (Å²) in [6.07, 6.45) is 3.10. The van der Waals surface area contributed by atoms with Gasteiger partial charge in [-0.25, -0.2) is 0 Å². The molecule has 29 heavy (non-hydrogen) atoms. The number of hydrogen-bond acceptors (Lipinski definition) is 7. The lowest BCUT2D eigenvalue weighted by atomic mass is 10.2. The van der Waals surface area contributed by atoms with Crippen LogP contribution in [0.1, 0.15) is 32.8 Å². The van der Waals surface area contributed by atoms with Crippen molar-refractivity contribution in [1.82, 2.24) is 4.90 Å². The summed E-state index contributed by atoms with van der Waals surface area (Å²) < 4.78 is 29.8. The first-order chi connectivity index (χ1) is 13.9. The van der Waals surface area contributed by atoms with Crippen LogP contribution in [0.3, 0.4) is 0 Å². The molecule has 0 aliphatic carbocycles. The highest BCUT2D eigenvalue weighted by molar-refractivity contribution is 6.60. The van der Waals surface area contributed by atoms with Crippen LogP contribution in [0, 0.1) is 0 Å². The van der Waals surface area contributed by atoms with Gasteiger partial charge in [0.05, 0.1) is 32.5 Å². The molecule has 2 bridgehead atoms. The van der Waals surface area contributed by atoms with Gasteiger partial charge >= 0.3 is 8.80 Å². The molecule has 0 spiro atoms. The predicted molar refractivity (Wildman–Crippen MR) is 115 cm³/mol. The van der Waals surface area contributed by atoms with Gasteiger partial charge in [-0.3, -0.25) is 9.89 Å². The van der Waals surface area contributed by atoms with E-state index >= 15 is 0 Å². The van der Waals surface area contributed by atoms with Crippen molar-refractivity contribution in [2.24, 2.45) is 4.99 Å². The highest BCUT2D eigenvalue weighted by atomic mass is 28.4. The first-order valence-electron chi connectivity index (χ1n) is 10.4. The molecule has 4 rings (SSSR count). The van der Waals surface area contributed by atoms with Crippen LogP contribution < -0.4 is 9.47 Å². The minimum absolute atomic E-state index is 0.122. The Balaban J connectivity index is 1.59. The van der Waals surface area contributed by atoms with E-state index in [-0.39, 0.29) is 18.3 Å². The maximum Gasteiger partial charge on any atom is 0.501 e. The zero-order valence-corrected chi connectivity index (χ0v) is 19.2. The third-order valence-corrected chi connectivity index (χ3v) is 8.36. The molecule has 7 nitrogen and oxygen atoms in total. The standard InChI is InChI=1S/C21H34N2O5Si/c1-16-13-23-14-17(2)27-29(26-16,28-18(3)15-23)10-6-9-22-12-19-7-8-20(24-4)21(11-19)25-5/h7-8,11-12,16-18H,6,9-10,13-15H2,1-5H3. The first kappa shape index (κ1) is 22.2. The number of methoxy groups -OCH3 is 2. The molecule has 8 heteroatoms. The molecule has 3 aliphatic rings. The minimum Gasteiger partial charge on any atom is -0.493 e. The van der Waals surface area contributed by atoms with Crippen molar-refractivity contribution in [3.63, 3.8) is 0 Å². The summed E-state index contributed by atoms with van der Waals surface area (Å²) >= 11 is 0. The molecule has 3 atom stereocenters. The zero-order valence-electron chi connectivity index (χ0n) is 18.2. The number of nitrogens with zero attached hydrogens (tertiary/aromatic N) is 2. The van der Waals surface area contributed by atoms with Gasteiger partial charge in [0.15, 0.2) is 11.5 Å². The number of benzene rings is 1. The second-order valence-electron chi connectivity index (χ2n) is 7.94. The van der Waals surface area contributed by atoms with E-state index < -0.39 is 8.80 Å². The first-order valence-corrected chi connectivity index (χ1v) is 12.3. The summed E-state index contributed by atoms with van der Waals surface area (Å²) in [5.41, 5.74) is 0.981. The lowest BCUT2D eigenvalue weighted by molar-refractivity contribution is -0.0790. The van der Waals surface area contributed by atoms with Crippen molar-refractivity contribution < 1.29 is 22.8 Å². The number of hydrogen-bond donors (Lipinski definition) is 0. The number of rotatable bonds is 7. The number of aliphatic imine (C=N–C) groups is 1. The molecule has 3 unspecified atom stereocenters. The topological polar surface area (TPSA) is 61.8 Å². The average molecular weight is 423 g/mol. The van der Waals surface area contributed by atoms with E-state index in [0.717, 1.165) is 37.7 Å². The summed E-state index contributed by atoms with van der Waals surface area (Å²) in [4.78, 5) is 6.96. The second-order valence-corrected chi connectivity index (χ2v) is 10.5.